The van der Waals surface area contributed by atoms with Gasteiger partial charge in [0.2, 0.25) is 0 Å². The number of carbonyl (C=O) groups is 1. The van der Waals surface area contributed by atoms with Crippen molar-refractivity contribution in [2.75, 3.05) is 6.54 Å². The van der Waals surface area contributed by atoms with E-state index in [-0.39, 0.29) is 26.5 Å². The lowest BCUT2D eigenvalue weighted by molar-refractivity contribution is -0.184. The lowest BCUT2D eigenvalue weighted by Gasteiger charge is -2.31. The predicted octanol–water partition coefficient (Wildman–Crippen LogP) is 5.68. The van der Waals surface area contributed by atoms with Crippen LogP contribution in [0.2, 0.25) is 15.1 Å². The van der Waals surface area contributed by atoms with E-state index < -0.39 is 30.5 Å². The number of alkyl halides is 3. The van der Waals surface area contributed by atoms with Crippen LogP contribution in [0.4, 0.5) is 13.2 Å². The lowest BCUT2D eigenvalue weighted by atomic mass is 9.78. The Kier molecular flexibility index (Phi) is 5.43. The molecule has 0 radical (unpaired) electrons. The van der Waals surface area contributed by atoms with Crippen LogP contribution in [0.5, 0.6) is 0 Å². The average Bonchev–Trinajstić information content (AvgIpc) is 3.05. The summed E-state index contributed by atoms with van der Waals surface area (Å²) in [4.78, 5) is 16.1. The van der Waals surface area contributed by atoms with Gasteiger partial charge in [-0.05, 0) is 29.8 Å². The van der Waals surface area contributed by atoms with Gasteiger partial charge in [0.05, 0.1) is 21.6 Å². The number of halogens is 6. The number of nitrogens with zero attached hydrogens (tertiary/aromatic N) is 1. The maximum absolute atomic E-state index is 14.0. The molecule has 1 atom stereocenters. The molecule has 0 saturated heterocycles. The number of rotatable bonds is 2. The van der Waals surface area contributed by atoms with Gasteiger partial charge in [-0.15, -0.1) is 0 Å². The van der Waals surface area contributed by atoms with E-state index in [0.29, 0.717) is 5.56 Å². The first kappa shape index (κ1) is 20.0. The molecular weight excluding hydrogens is 424 g/mol. The molecule has 1 aliphatic rings. The van der Waals surface area contributed by atoms with Crippen molar-refractivity contribution in [3.63, 3.8) is 0 Å². The van der Waals surface area contributed by atoms with E-state index in [1.807, 2.05) is 0 Å². The first-order chi connectivity index (χ1) is 12.6. The van der Waals surface area contributed by atoms with Crippen LogP contribution in [-0.2, 0) is 5.41 Å². The van der Waals surface area contributed by atoms with Gasteiger partial charge >= 0.3 is 6.18 Å². The minimum Gasteiger partial charge on any atom is -0.310 e. The van der Waals surface area contributed by atoms with Crippen molar-refractivity contribution in [2.24, 2.45) is 4.99 Å². The number of aliphatic imine (C=N–C) groups is 1. The third kappa shape index (κ3) is 3.79. The molecule has 1 amide bonds. The van der Waals surface area contributed by atoms with Crippen LogP contribution in [0.15, 0.2) is 47.5 Å². The summed E-state index contributed by atoms with van der Waals surface area (Å²) >= 11 is 17.7. The van der Waals surface area contributed by atoms with Crippen LogP contribution < -0.4 is 5.32 Å². The van der Waals surface area contributed by atoms with Crippen LogP contribution >= 0.6 is 34.8 Å². The fourth-order valence-electron chi connectivity index (χ4n) is 2.88. The highest BCUT2D eigenvalue weighted by Crippen LogP contribution is 2.48. The van der Waals surface area contributed by atoms with Crippen LogP contribution in [0, 0.1) is 0 Å². The van der Waals surface area contributed by atoms with Crippen molar-refractivity contribution < 1.29 is 18.0 Å². The molecule has 1 N–H and O–H groups in total. The second kappa shape index (κ2) is 7.34. The number of nitrogens with one attached hydrogen (secondary N) is 1. The summed E-state index contributed by atoms with van der Waals surface area (Å²) < 4.78 is 42.0. The van der Waals surface area contributed by atoms with Crippen molar-refractivity contribution in [1.82, 2.24) is 5.32 Å². The molecule has 0 aromatic heterocycles. The SMILES string of the molecule is O=C(NC1=NCC(c2cc(Cl)c(Cl)c(Cl)c2)(C(F)(F)F)C1)c1ccccc1. The van der Waals surface area contributed by atoms with Gasteiger partial charge in [-0.25, -0.2) is 0 Å². The summed E-state index contributed by atoms with van der Waals surface area (Å²) in [6, 6.07) is 10.4. The number of amidine groups is 1. The monoisotopic (exact) mass is 434 g/mol. The van der Waals surface area contributed by atoms with Gasteiger partial charge in [0.25, 0.3) is 5.91 Å². The zero-order valence-corrected chi connectivity index (χ0v) is 15.8. The Bertz CT molecular complexity index is 893. The van der Waals surface area contributed by atoms with E-state index in [9.17, 15) is 18.0 Å². The second-order valence-corrected chi connectivity index (χ2v) is 7.29. The smallest absolute Gasteiger partial charge is 0.310 e. The highest BCUT2D eigenvalue weighted by atomic mass is 35.5. The van der Waals surface area contributed by atoms with E-state index in [4.69, 9.17) is 34.8 Å². The normalized spacial score (nSPS) is 19.7. The number of hydrogen-bond donors (Lipinski definition) is 1. The Morgan fingerprint density at radius 1 is 1.07 bits per heavy atom. The molecular formula is C18H12Cl3F3N2O. The molecule has 9 heteroatoms. The van der Waals surface area contributed by atoms with E-state index >= 15 is 0 Å². The molecule has 1 aliphatic heterocycles. The third-order valence-electron chi connectivity index (χ3n) is 4.38. The minimum atomic E-state index is -4.64. The molecule has 1 unspecified atom stereocenters. The number of carbonyl (C=O) groups excluding carboxylic acids is 1. The number of hydrogen-bond acceptors (Lipinski definition) is 2. The van der Waals surface area contributed by atoms with Crippen LogP contribution in [0.3, 0.4) is 0 Å². The molecule has 0 spiro atoms. The summed E-state index contributed by atoms with van der Waals surface area (Å²) in [6.45, 7) is -0.588. The maximum atomic E-state index is 14.0. The molecule has 27 heavy (non-hydrogen) atoms. The zero-order chi connectivity index (χ0) is 19.8. The lowest BCUT2D eigenvalue weighted by Crippen LogP contribution is -2.45. The van der Waals surface area contributed by atoms with E-state index in [1.54, 1.807) is 30.3 Å². The van der Waals surface area contributed by atoms with Crippen LogP contribution in [0.25, 0.3) is 0 Å². The van der Waals surface area contributed by atoms with Gasteiger partial charge in [0.1, 0.15) is 11.3 Å². The predicted molar refractivity (Wildman–Crippen MR) is 100 cm³/mol. The topological polar surface area (TPSA) is 41.5 Å². The molecule has 2 aromatic rings. The van der Waals surface area contributed by atoms with Crippen molar-refractivity contribution in [1.29, 1.82) is 0 Å². The number of amides is 1. The minimum absolute atomic E-state index is 0.0177. The second-order valence-electron chi connectivity index (χ2n) is 6.09. The van der Waals surface area contributed by atoms with Crippen molar-refractivity contribution in [3.05, 3.63) is 68.7 Å². The van der Waals surface area contributed by atoms with Gasteiger partial charge in [-0.2, -0.15) is 13.2 Å². The Morgan fingerprint density at radius 3 is 2.22 bits per heavy atom. The maximum Gasteiger partial charge on any atom is 0.400 e. The van der Waals surface area contributed by atoms with E-state index in [2.05, 4.69) is 10.3 Å². The summed E-state index contributed by atoms with van der Waals surface area (Å²) in [5, 5.41) is 2.28. The molecule has 3 rings (SSSR count). The van der Waals surface area contributed by atoms with E-state index in [1.165, 1.54) is 0 Å². The molecule has 3 nitrogen and oxygen atoms in total. The molecule has 142 valence electrons. The first-order valence-electron chi connectivity index (χ1n) is 7.75. The molecule has 0 aliphatic carbocycles. The quantitative estimate of drug-likeness (QED) is 0.606. The van der Waals surface area contributed by atoms with E-state index in [0.717, 1.165) is 12.1 Å². The Morgan fingerprint density at radius 2 is 1.67 bits per heavy atom. The van der Waals surface area contributed by atoms with Gasteiger partial charge in [0.15, 0.2) is 0 Å². The Balaban J connectivity index is 1.90. The van der Waals surface area contributed by atoms with Gasteiger partial charge < -0.3 is 5.32 Å². The summed E-state index contributed by atoms with van der Waals surface area (Å²) in [5.41, 5.74) is -2.17. The fourth-order valence-corrected chi connectivity index (χ4v) is 3.48. The van der Waals surface area contributed by atoms with Crippen LogP contribution in [-0.4, -0.2) is 24.5 Å². The highest BCUT2D eigenvalue weighted by molar-refractivity contribution is 6.48. The third-order valence-corrected chi connectivity index (χ3v) is 5.58. The van der Waals surface area contributed by atoms with Crippen molar-refractivity contribution >= 4 is 46.5 Å². The number of benzene rings is 2. The largest absolute Gasteiger partial charge is 0.400 e. The highest BCUT2D eigenvalue weighted by Gasteiger charge is 2.58. The molecule has 0 bridgehead atoms. The summed E-state index contributed by atoms with van der Waals surface area (Å²) in [7, 11) is 0. The summed E-state index contributed by atoms with van der Waals surface area (Å²) in [5.74, 6) is -0.581. The van der Waals surface area contributed by atoms with Gasteiger partial charge in [-0.3, -0.25) is 9.79 Å². The molecule has 0 fully saturated rings. The Labute approximate surface area is 168 Å². The molecule has 1 heterocycles. The fraction of sp³-hybridized carbons (Fsp3) is 0.222. The molecule has 2 aromatic carbocycles. The first-order valence-corrected chi connectivity index (χ1v) is 8.89. The van der Waals surface area contributed by atoms with Gasteiger partial charge in [-0.1, -0.05) is 53.0 Å². The molecule has 0 saturated carbocycles. The van der Waals surface area contributed by atoms with Crippen molar-refractivity contribution in [3.8, 4) is 0 Å². The Hall–Kier alpha value is -1.76. The summed E-state index contributed by atoms with van der Waals surface area (Å²) in [6.07, 6.45) is -5.18. The van der Waals surface area contributed by atoms with Gasteiger partial charge in [0, 0.05) is 12.0 Å². The average molecular weight is 436 g/mol. The standard InChI is InChI=1S/C18H12Cl3F3N2O/c19-12-6-11(7-13(20)15(12)21)17(18(22,23)24)8-14(25-9-17)26-16(27)10-4-2-1-3-5-10/h1-7H,8-9H2,(H,25,26,27). The van der Waals surface area contributed by atoms with Crippen LogP contribution in [0.1, 0.15) is 22.3 Å². The zero-order valence-electron chi connectivity index (χ0n) is 13.6. The van der Waals surface area contributed by atoms with Crippen molar-refractivity contribution in [2.45, 2.75) is 18.0 Å².